The van der Waals surface area contributed by atoms with Crippen LogP contribution in [0.4, 0.5) is 4.39 Å². The number of carbonyl (C=O) groups excluding carboxylic acids is 3. The van der Waals surface area contributed by atoms with Gasteiger partial charge in [0.1, 0.15) is 11.8 Å². The van der Waals surface area contributed by atoms with Crippen LogP contribution in [0.5, 0.6) is 0 Å². The lowest BCUT2D eigenvalue weighted by atomic mass is 9.44. The highest BCUT2D eigenvalue weighted by molar-refractivity contribution is 6.29. The monoisotopic (exact) mass is 484 g/mol. The Morgan fingerprint density at radius 3 is 2.58 bits per heavy atom. The molecule has 0 radical (unpaired) electrons. The van der Waals surface area contributed by atoms with Crippen molar-refractivity contribution in [2.45, 2.75) is 89.7 Å². The SMILES string of the molecule is CCO[C@@H]1C[C@H]2[C@@H]3CCC4=CC(=O)CC[C@]4(C)[C@@]3(F)[C@@H](O)C[C@]2(C)[C@@]1(OC(C)=O)C(=O)CCl. The molecule has 0 aliphatic heterocycles. The molecule has 0 aromatic carbocycles. The van der Waals surface area contributed by atoms with E-state index in [1.807, 2.05) is 13.8 Å². The summed E-state index contributed by atoms with van der Waals surface area (Å²) < 4.78 is 29.1. The molecule has 0 spiro atoms. The Bertz CT molecular complexity index is 905. The summed E-state index contributed by atoms with van der Waals surface area (Å²) in [4.78, 5) is 37.7. The summed E-state index contributed by atoms with van der Waals surface area (Å²) in [6.07, 6.45) is 1.24. The quantitative estimate of drug-likeness (QED) is 0.472. The number of alkyl halides is 2. The summed E-state index contributed by atoms with van der Waals surface area (Å²) in [6.45, 7) is 6.94. The minimum absolute atomic E-state index is 0.00137. The number of rotatable bonds is 5. The molecule has 0 aromatic rings. The normalized spacial score (nSPS) is 46.6. The van der Waals surface area contributed by atoms with Crippen molar-refractivity contribution in [1.29, 1.82) is 0 Å². The molecule has 0 unspecified atom stereocenters. The molecule has 8 atom stereocenters. The zero-order valence-corrected chi connectivity index (χ0v) is 20.5. The Balaban J connectivity index is 1.87. The highest BCUT2D eigenvalue weighted by Crippen LogP contribution is 2.71. The van der Waals surface area contributed by atoms with Crippen LogP contribution in [0.1, 0.15) is 66.2 Å². The number of allylic oxidation sites excluding steroid dienone is 1. The number of Topliss-reactive ketones (excluding diaryl/α,β-unsaturated/α-hetero) is 1. The average molecular weight is 485 g/mol. The third-order valence-corrected chi connectivity index (χ3v) is 9.65. The van der Waals surface area contributed by atoms with Crippen molar-refractivity contribution in [3.63, 3.8) is 0 Å². The van der Waals surface area contributed by atoms with E-state index < -0.39 is 52.0 Å². The van der Waals surface area contributed by atoms with Crippen molar-refractivity contribution in [3.05, 3.63) is 11.6 Å². The lowest BCUT2D eigenvalue weighted by Gasteiger charge is -2.63. The first-order chi connectivity index (χ1) is 15.4. The van der Waals surface area contributed by atoms with Crippen molar-refractivity contribution in [1.82, 2.24) is 0 Å². The third kappa shape index (κ3) is 3.07. The Hall–Kier alpha value is -1.31. The number of aliphatic hydroxyl groups is 1. The number of fused-ring (bicyclic) bond motifs is 5. The fourth-order valence-corrected chi connectivity index (χ4v) is 8.19. The van der Waals surface area contributed by atoms with E-state index in [1.54, 1.807) is 13.0 Å². The minimum Gasteiger partial charge on any atom is -0.448 e. The molecular formula is C25H34ClFO6. The van der Waals surface area contributed by atoms with Crippen molar-refractivity contribution in [2.75, 3.05) is 12.5 Å². The second-order valence-corrected chi connectivity index (χ2v) is 11.0. The molecule has 6 nitrogen and oxygen atoms in total. The molecule has 0 aromatic heterocycles. The third-order valence-electron chi connectivity index (χ3n) is 9.41. The molecule has 1 N–H and O–H groups in total. The van der Waals surface area contributed by atoms with E-state index in [0.717, 1.165) is 5.57 Å². The minimum atomic E-state index is -1.96. The molecule has 0 heterocycles. The molecule has 0 bridgehead atoms. The molecule has 33 heavy (non-hydrogen) atoms. The smallest absolute Gasteiger partial charge is 0.303 e. The lowest BCUT2D eigenvalue weighted by molar-refractivity contribution is -0.237. The topological polar surface area (TPSA) is 89.9 Å². The predicted molar refractivity (Wildman–Crippen MR) is 119 cm³/mol. The summed E-state index contributed by atoms with van der Waals surface area (Å²) in [7, 11) is 0. The molecular weight excluding hydrogens is 451 g/mol. The maximum atomic E-state index is 17.3. The molecule has 4 rings (SSSR count). The molecule has 4 aliphatic rings. The Morgan fingerprint density at radius 2 is 1.97 bits per heavy atom. The van der Waals surface area contributed by atoms with E-state index in [2.05, 4.69) is 0 Å². The summed E-state index contributed by atoms with van der Waals surface area (Å²) in [5.74, 6) is -2.45. The van der Waals surface area contributed by atoms with Crippen molar-refractivity contribution < 1.29 is 33.4 Å². The zero-order chi connectivity index (χ0) is 24.4. The van der Waals surface area contributed by atoms with Gasteiger partial charge in [-0.15, -0.1) is 11.6 Å². The van der Waals surface area contributed by atoms with Gasteiger partial charge in [-0.2, -0.15) is 0 Å². The van der Waals surface area contributed by atoms with Gasteiger partial charge in [0, 0.05) is 36.7 Å². The fourth-order valence-electron chi connectivity index (χ4n) is 8.00. The number of hydrogen-bond acceptors (Lipinski definition) is 6. The fraction of sp³-hybridized carbons (Fsp3) is 0.800. The van der Waals surface area contributed by atoms with E-state index >= 15 is 4.39 Å². The van der Waals surface area contributed by atoms with Gasteiger partial charge in [0.2, 0.25) is 5.60 Å². The molecule has 0 saturated heterocycles. The van der Waals surface area contributed by atoms with Crippen LogP contribution in [0, 0.1) is 22.7 Å². The first-order valence-electron chi connectivity index (χ1n) is 11.9. The number of ether oxygens (including phenoxy) is 2. The predicted octanol–water partition coefficient (Wildman–Crippen LogP) is 3.71. The molecule has 184 valence electrons. The number of ketones is 2. The van der Waals surface area contributed by atoms with Crippen LogP contribution in [0.25, 0.3) is 0 Å². The summed E-state index contributed by atoms with van der Waals surface area (Å²) >= 11 is 6.02. The van der Waals surface area contributed by atoms with E-state index in [1.165, 1.54) is 6.92 Å². The molecule has 8 heteroatoms. The number of esters is 1. The van der Waals surface area contributed by atoms with E-state index in [0.29, 0.717) is 25.7 Å². The first kappa shape index (κ1) is 24.8. The largest absolute Gasteiger partial charge is 0.448 e. The van der Waals surface area contributed by atoms with Crippen molar-refractivity contribution in [3.8, 4) is 0 Å². The molecule has 3 saturated carbocycles. The Labute approximate surface area is 199 Å². The zero-order valence-electron chi connectivity index (χ0n) is 19.8. The van der Waals surface area contributed by atoms with Gasteiger partial charge in [0.05, 0.1) is 12.0 Å². The van der Waals surface area contributed by atoms with Gasteiger partial charge in [-0.1, -0.05) is 19.4 Å². The molecule has 0 amide bonds. The highest BCUT2D eigenvalue weighted by atomic mass is 35.5. The van der Waals surface area contributed by atoms with Crippen LogP contribution in [0.3, 0.4) is 0 Å². The maximum Gasteiger partial charge on any atom is 0.303 e. The summed E-state index contributed by atoms with van der Waals surface area (Å²) in [5.41, 5.74) is -4.90. The summed E-state index contributed by atoms with van der Waals surface area (Å²) in [6, 6.07) is 0. The lowest BCUT2D eigenvalue weighted by Crippen LogP contribution is -2.70. The summed E-state index contributed by atoms with van der Waals surface area (Å²) in [5, 5.41) is 11.5. The van der Waals surface area contributed by atoms with Gasteiger partial charge in [0.25, 0.3) is 0 Å². The van der Waals surface area contributed by atoms with Crippen molar-refractivity contribution in [2.24, 2.45) is 22.7 Å². The van der Waals surface area contributed by atoms with E-state index in [-0.39, 0.29) is 37.0 Å². The van der Waals surface area contributed by atoms with Gasteiger partial charge in [0.15, 0.2) is 11.6 Å². The van der Waals surface area contributed by atoms with Crippen LogP contribution in [0.15, 0.2) is 11.6 Å². The maximum absolute atomic E-state index is 17.3. The van der Waals surface area contributed by atoms with Gasteiger partial charge < -0.3 is 14.6 Å². The van der Waals surface area contributed by atoms with Crippen LogP contribution in [-0.4, -0.2) is 58.6 Å². The van der Waals surface area contributed by atoms with E-state index in [4.69, 9.17) is 21.1 Å². The standard InChI is InChI=1S/C25H34ClFO6/c1-5-32-21-11-18-17-7-6-15-10-16(29)8-9-22(15,3)24(17,27)19(30)12-23(18,4)25(21,20(31)13-26)33-14(2)28/h10,17-19,21,30H,5-9,11-13H2,1-4H3/t17-,18-,19-,21+,22-,23-,24-,25+/m0/s1. The van der Waals surface area contributed by atoms with E-state index in [9.17, 15) is 19.5 Å². The Morgan fingerprint density at radius 1 is 1.27 bits per heavy atom. The van der Waals surface area contributed by atoms with Crippen LogP contribution in [0.2, 0.25) is 0 Å². The van der Waals surface area contributed by atoms with Crippen LogP contribution >= 0.6 is 11.6 Å². The van der Waals surface area contributed by atoms with Gasteiger partial charge >= 0.3 is 5.97 Å². The number of carbonyl (C=O) groups is 3. The van der Waals surface area contributed by atoms with Crippen LogP contribution in [-0.2, 0) is 23.9 Å². The highest BCUT2D eigenvalue weighted by Gasteiger charge is 2.78. The number of halogens is 2. The molecule has 4 aliphatic carbocycles. The first-order valence-corrected chi connectivity index (χ1v) is 12.5. The number of hydrogen-bond donors (Lipinski definition) is 1. The second kappa shape index (κ2) is 8.13. The average Bonchev–Trinajstić information content (AvgIpc) is 2.98. The van der Waals surface area contributed by atoms with Crippen molar-refractivity contribution >= 4 is 29.1 Å². The van der Waals surface area contributed by atoms with Gasteiger partial charge in [-0.3, -0.25) is 14.4 Å². The molecule has 3 fully saturated rings. The second-order valence-electron chi connectivity index (χ2n) is 10.7. The number of aliphatic hydroxyl groups excluding tert-OH is 1. The van der Waals surface area contributed by atoms with Crippen LogP contribution < -0.4 is 0 Å². The van der Waals surface area contributed by atoms with Gasteiger partial charge in [-0.05, 0) is 51.0 Å². The van der Waals surface area contributed by atoms with Gasteiger partial charge in [-0.25, -0.2) is 4.39 Å². The Kier molecular flexibility index (Phi) is 6.11.